The maximum atomic E-state index is 2.64. The van der Waals surface area contributed by atoms with E-state index in [4.69, 9.17) is 0 Å². The van der Waals surface area contributed by atoms with E-state index in [1.54, 1.807) is 0 Å². The highest BCUT2D eigenvalue weighted by Crippen LogP contribution is 2.55. The van der Waals surface area contributed by atoms with Crippen LogP contribution >= 0.6 is 0 Å². The molecule has 0 fully saturated rings. The highest BCUT2D eigenvalue weighted by Gasteiger charge is 2.46. The smallest absolute Gasteiger partial charge is 0.333 e. The fourth-order valence-electron chi connectivity index (χ4n) is 9.25. The molecule has 46 heavy (non-hydrogen) atoms. The molecule has 3 heterocycles. The van der Waals surface area contributed by atoms with Crippen LogP contribution in [0.3, 0.4) is 0 Å². The molecule has 2 aliphatic heterocycles. The standard InChI is InChI=1S/C43H29BN2/c1-43(2)33-20-10-8-16-27(33)31-25-38-32(24-34(31)43)39-28-17-6-7-18-29(28)40-30-19-9-12-22-36(30)45-37-23-13-11-21-35(37)44(41(39)42(40)45)46(38)26-14-4-3-5-15-26/h3-25H,1-2H3. The lowest BCUT2D eigenvalue weighted by Gasteiger charge is -2.43. The van der Waals surface area contributed by atoms with Gasteiger partial charge in [0.2, 0.25) is 0 Å². The third kappa shape index (κ3) is 2.82. The first kappa shape index (κ1) is 24.7. The van der Waals surface area contributed by atoms with Gasteiger partial charge in [-0.25, -0.2) is 0 Å². The maximum absolute atomic E-state index is 2.64. The minimum Gasteiger partial charge on any atom is -0.376 e. The molecular weight excluding hydrogens is 555 g/mol. The summed E-state index contributed by atoms with van der Waals surface area (Å²) < 4.78 is 2.56. The van der Waals surface area contributed by atoms with Gasteiger partial charge in [-0.2, -0.15) is 0 Å². The van der Waals surface area contributed by atoms with E-state index in [1.165, 1.54) is 93.9 Å². The Morgan fingerprint density at radius 2 is 1.24 bits per heavy atom. The van der Waals surface area contributed by atoms with Crippen LogP contribution in [0.15, 0.2) is 140 Å². The second-order valence-corrected chi connectivity index (χ2v) is 13.7. The Morgan fingerprint density at radius 3 is 2.11 bits per heavy atom. The van der Waals surface area contributed by atoms with Crippen molar-refractivity contribution in [3.8, 4) is 27.9 Å². The normalized spacial score (nSPS) is 14.8. The van der Waals surface area contributed by atoms with Crippen LogP contribution in [0.25, 0.3) is 60.5 Å². The molecule has 3 heteroatoms. The molecule has 3 aliphatic rings. The molecule has 0 atom stereocenters. The Bertz CT molecular complexity index is 2630. The number of fused-ring (bicyclic) bond motifs is 14. The lowest BCUT2D eigenvalue weighted by molar-refractivity contribution is 0.660. The Labute approximate surface area is 268 Å². The molecule has 0 N–H and O–H groups in total. The molecule has 1 aromatic heterocycles. The number of hydrogen-bond acceptors (Lipinski definition) is 1. The van der Waals surface area contributed by atoms with Gasteiger partial charge in [0, 0.05) is 38.8 Å². The van der Waals surface area contributed by atoms with Crippen molar-refractivity contribution in [3.05, 3.63) is 151 Å². The van der Waals surface area contributed by atoms with E-state index in [2.05, 4.69) is 163 Å². The van der Waals surface area contributed by atoms with Crippen molar-refractivity contribution in [2.45, 2.75) is 19.3 Å². The predicted octanol–water partition coefficient (Wildman–Crippen LogP) is 9.48. The number of aromatic nitrogens is 1. The Kier molecular flexibility index (Phi) is 4.51. The highest BCUT2D eigenvalue weighted by molar-refractivity contribution is 6.94. The number of para-hydroxylation sites is 3. The number of anilines is 2. The van der Waals surface area contributed by atoms with E-state index >= 15 is 0 Å². The molecule has 0 saturated carbocycles. The van der Waals surface area contributed by atoms with Gasteiger partial charge in [-0.05, 0) is 85.9 Å². The van der Waals surface area contributed by atoms with E-state index in [1.807, 2.05) is 0 Å². The van der Waals surface area contributed by atoms with E-state index in [-0.39, 0.29) is 12.3 Å². The van der Waals surface area contributed by atoms with Crippen LogP contribution in [0.4, 0.5) is 11.4 Å². The summed E-state index contributed by atoms with van der Waals surface area (Å²) in [5.41, 5.74) is 17.3. The van der Waals surface area contributed by atoms with Crippen LogP contribution in [0, 0.1) is 0 Å². The fourth-order valence-corrected chi connectivity index (χ4v) is 9.25. The summed E-state index contributed by atoms with van der Waals surface area (Å²) in [6, 6.07) is 52.3. The molecular formula is C43H29BN2. The summed E-state index contributed by atoms with van der Waals surface area (Å²) in [4.78, 5) is 2.64. The van der Waals surface area contributed by atoms with Crippen molar-refractivity contribution in [1.82, 2.24) is 4.57 Å². The number of hydrogen-bond donors (Lipinski definition) is 0. The van der Waals surface area contributed by atoms with Gasteiger partial charge in [-0.3, -0.25) is 0 Å². The summed E-state index contributed by atoms with van der Waals surface area (Å²) in [5.74, 6) is 0. The average molecular weight is 585 g/mol. The lowest BCUT2D eigenvalue weighted by Crippen LogP contribution is -2.60. The second kappa shape index (κ2) is 8.38. The quantitative estimate of drug-likeness (QED) is 0.175. The van der Waals surface area contributed by atoms with Gasteiger partial charge in [0.1, 0.15) is 0 Å². The monoisotopic (exact) mass is 584 g/mol. The van der Waals surface area contributed by atoms with Gasteiger partial charge >= 0.3 is 6.85 Å². The first-order valence-electron chi connectivity index (χ1n) is 16.3. The van der Waals surface area contributed by atoms with Crippen LogP contribution in [0.5, 0.6) is 0 Å². The van der Waals surface area contributed by atoms with Crippen molar-refractivity contribution >= 4 is 61.7 Å². The molecule has 0 amide bonds. The molecule has 0 radical (unpaired) electrons. The van der Waals surface area contributed by atoms with Crippen LogP contribution < -0.4 is 15.7 Å². The molecule has 8 aromatic rings. The topological polar surface area (TPSA) is 8.17 Å². The number of nitrogens with zero attached hydrogens (tertiary/aromatic N) is 2. The van der Waals surface area contributed by atoms with Crippen molar-refractivity contribution in [2.24, 2.45) is 0 Å². The van der Waals surface area contributed by atoms with Crippen molar-refractivity contribution in [2.75, 3.05) is 4.81 Å². The second-order valence-electron chi connectivity index (χ2n) is 13.7. The average Bonchev–Trinajstić information content (AvgIpc) is 3.57. The minimum atomic E-state index is -0.0893. The fraction of sp³-hybridized carbons (Fsp3) is 0.0698. The Balaban J connectivity index is 1.40. The van der Waals surface area contributed by atoms with Gasteiger partial charge < -0.3 is 9.38 Å². The van der Waals surface area contributed by atoms with Crippen molar-refractivity contribution in [1.29, 1.82) is 0 Å². The Hall–Kier alpha value is -5.54. The van der Waals surface area contributed by atoms with Gasteiger partial charge in [-0.15, -0.1) is 0 Å². The molecule has 0 saturated heterocycles. The van der Waals surface area contributed by atoms with Crippen molar-refractivity contribution in [3.63, 3.8) is 0 Å². The van der Waals surface area contributed by atoms with Crippen LogP contribution in [0.2, 0.25) is 0 Å². The Morgan fingerprint density at radius 1 is 0.543 bits per heavy atom. The molecule has 1 aliphatic carbocycles. The molecule has 2 nitrogen and oxygen atoms in total. The van der Waals surface area contributed by atoms with Crippen LogP contribution in [-0.4, -0.2) is 11.4 Å². The molecule has 0 spiro atoms. The predicted molar refractivity (Wildman–Crippen MR) is 195 cm³/mol. The number of benzene rings is 7. The van der Waals surface area contributed by atoms with Gasteiger partial charge in [-0.1, -0.05) is 117 Å². The highest BCUT2D eigenvalue weighted by atomic mass is 15.1. The van der Waals surface area contributed by atoms with Crippen molar-refractivity contribution < 1.29 is 0 Å². The SMILES string of the molecule is CC1(C)c2ccccc2-c2cc3c(cc21)-c1c2c4c(c5ccccc15)c1ccccc1n4-c1ccccc1B2N3c1ccccc1. The van der Waals surface area contributed by atoms with Crippen LogP contribution in [0.1, 0.15) is 25.0 Å². The lowest BCUT2D eigenvalue weighted by atomic mass is 9.43. The summed E-state index contributed by atoms with van der Waals surface area (Å²) in [5, 5.41) is 5.33. The number of rotatable bonds is 1. The van der Waals surface area contributed by atoms with Crippen LogP contribution in [-0.2, 0) is 5.41 Å². The molecule has 7 aromatic carbocycles. The zero-order valence-electron chi connectivity index (χ0n) is 25.8. The van der Waals surface area contributed by atoms with E-state index in [0.29, 0.717) is 0 Å². The third-order valence-corrected chi connectivity index (χ3v) is 11.1. The first-order chi connectivity index (χ1) is 22.6. The van der Waals surface area contributed by atoms with E-state index in [9.17, 15) is 0 Å². The summed E-state index contributed by atoms with van der Waals surface area (Å²) in [6.45, 7) is 4.81. The summed E-state index contributed by atoms with van der Waals surface area (Å²) in [7, 11) is 0. The molecule has 11 rings (SSSR count). The van der Waals surface area contributed by atoms with E-state index in [0.717, 1.165) is 0 Å². The molecule has 214 valence electrons. The molecule has 0 bridgehead atoms. The zero-order valence-corrected chi connectivity index (χ0v) is 25.8. The minimum absolute atomic E-state index is 0.0210. The van der Waals surface area contributed by atoms with E-state index < -0.39 is 0 Å². The van der Waals surface area contributed by atoms with Gasteiger partial charge in [0.25, 0.3) is 0 Å². The van der Waals surface area contributed by atoms with Gasteiger partial charge in [0.15, 0.2) is 0 Å². The largest absolute Gasteiger partial charge is 0.376 e. The van der Waals surface area contributed by atoms with Gasteiger partial charge in [0.05, 0.1) is 11.0 Å². The third-order valence-electron chi connectivity index (χ3n) is 11.1. The summed E-state index contributed by atoms with van der Waals surface area (Å²) in [6.07, 6.45) is 0. The maximum Gasteiger partial charge on any atom is 0.333 e. The summed E-state index contributed by atoms with van der Waals surface area (Å²) >= 11 is 0. The zero-order chi connectivity index (χ0) is 30.3. The molecule has 0 unspecified atom stereocenters. The first-order valence-corrected chi connectivity index (χ1v) is 16.3.